The lowest BCUT2D eigenvalue weighted by atomic mass is 9.90. The zero-order valence-electron chi connectivity index (χ0n) is 11.3. The predicted octanol–water partition coefficient (Wildman–Crippen LogP) is 2.30. The molecule has 1 amide bonds. The molecule has 0 radical (unpaired) electrons. The van der Waals surface area contributed by atoms with Crippen LogP contribution in [-0.4, -0.2) is 27.6 Å². The van der Waals surface area contributed by atoms with Crippen LogP contribution in [0.2, 0.25) is 0 Å². The van der Waals surface area contributed by atoms with Crippen LogP contribution in [0.15, 0.2) is 24.3 Å². The van der Waals surface area contributed by atoms with Crippen molar-refractivity contribution in [3.8, 4) is 5.75 Å². The molecular formula is C15H19NO4. The predicted molar refractivity (Wildman–Crippen MR) is 73.6 cm³/mol. The Kier molecular flexibility index (Phi) is 4.27. The van der Waals surface area contributed by atoms with Crippen molar-refractivity contribution < 1.29 is 19.8 Å². The molecule has 2 rings (SSSR count). The van der Waals surface area contributed by atoms with Gasteiger partial charge in [-0.1, -0.05) is 31.7 Å². The number of aliphatic carboxylic acids is 1. The Labute approximate surface area is 117 Å². The van der Waals surface area contributed by atoms with E-state index in [-0.39, 0.29) is 11.3 Å². The monoisotopic (exact) mass is 277 g/mol. The van der Waals surface area contributed by atoms with E-state index < -0.39 is 17.4 Å². The number of carbonyl (C=O) groups excluding carboxylic acids is 1. The van der Waals surface area contributed by atoms with Gasteiger partial charge in [0.15, 0.2) is 0 Å². The summed E-state index contributed by atoms with van der Waals surface area (Å²) in [5.74, 6) is -1.44. The average molecular weight is 277 g/mol. The van der Waals surface area contributed by atoms with Crippen molar-refractivity contribution in [3.05, 3.63) is 29.8 Å². The summed E-state index contributed by atoms with van der Waals surface area (Å²) >= 11 is 0. The van der Waals surface area contributed by atoms with E-state index in [0.29, 0.717) is 12.8 Å². The Morgan fingerprint density at radius 2 is 1.75 bits per heavy atom. The summed E-state index contributed by atoms with van der Waals surface area (Å²) < 4.78 is 0. The minimum atomic E-state index is -1.18. The van der Waals surface area contributed by atoms with Crippen LogP contribution < -0.4 is 5.32 Å². The number of carboxylic acids is 1. The summed E-state index contributed by atoms with van der Waals surface area (Å²) in [6.07, 6.45) is 4.49. The lowest BCUT2D eigenvalue weighted by Gasteiger charge is -2.29. The van der Waals surface area contributed by atoms with E-state index in [1.807, 2.05) is 0 Å². The Morgan fingerprint density at radius 1 is 1.10 bits per heavy atom. The third-order valence-electron chi connectivity index (χ3n) is 3.83. The first-order valence-electron chi connectivity index (χ1n) is 6.88. The number of carbonyl (C=O) groups is 2. The van der Waals surface area contributed by atoms with Crippen LogP contribution in [-0.2, 0) is 4.79 Å². The summed E-state index contributed by atoms with van der Waals surface area (Å²) in [6.45, 7) is 0. The quantitative estimate of drug-likeness (QED) is 0.740. The van der Waals surface area contributed by atoms with Crippen molar-refractivity contribution in [1.82, 2.24) is 5.32 Å². The van der Waals surface area contributed by atoms with Crippen LogP contribution >= 0.6 is 0 Å². The second-order valence-electron chi connectivity index (χ2n) is 5.31. The largest absolute Gasteiger partial charge is 0.508 e. The number of amides is 1. The van der Waals surface area contributed by atoms with Gasteiger partial charge in [0.05, 0.1) is 0 Å². The van der Waals surface area contributed by atoms with Crippen molar-refractivity contribution in [2.24, 2.45) is 0 Å². The van der Waals surface area contributed by atoms with E-state index >= 15 is 0 Å². The van der Waals surface area contributed by atoms with Gasteiger partial charge in [0, 0.05) is 5.56 Å². The van der Waals surface area contributed by atoms with Gasteiger partial charge in [-0.2, -0.15) is 0 Å². The highest BCUT2D eigenvalue weighted by atomic mass is 16.4. The molecule has 1 aliphatic carbocycles. The van der Waals surface area contributed by atoms with Crippen LogP contribution in [0.3, 0.4) is 0 Å². The maximum atomic E-state index is 12.2. The van der Waals surface area contributed by atoms with Crippen molar-refractivity contribution >= 4 is 11.9 Å². The van der Waals surface area contributed by atoms with Gasteiger partial charge in [0.2, 0.25) is 0 Å². The Bertz CT molecular complexity index is 504. The molecule has 0 bridgehead atoms. The fourth-order valence-corrected chi connectivity index (χ4v) is 2.66. The number of hydrogen-bond donors (Lipinski definition) is 3. The minimum Gasteiger partial charge on any atom is -0.508 e. The van der Waals surface area contributed by atoms with Crippen LogP contribution in [0, 0.1) is 0 Å². The summed E-state index contributed by atoms with van der Waals surface area (Å²) in [5, 5.41) is 21.6. The van der Waals surface area contributed by atoms with Gasteiger partial charge in [0.1, 0.15) is 11.3 Å². The summed E-state index contributed by atoms with van der Waals surface area (Å²) in [4.78, 5) is 23.8. The normalized spacial score (nSPS) is 18.0. The maximum Gasteiger partial charge on any atom is 0.329 e. The molecule has 20 heavy (non-hydrogen) atoms. The molecular weight excluding hydrogens is 258 g/mol. The van der Waals surface area contributed by atoms with Gasteiger partial charge >= 0.3 is 5.97 Å². The molecule has 0 atom stereocenters. The molecule has 0 unspecified atom stereocenters. The smallest absolute Gasteiger partial charge is 0.329 e. The van der Waals surface area contributed by atoms with E-state index in [1.54, 1.807) is 12.1 Å². The zero-order chi connectivity index (χ0) is 14.6. The van der Waals surface area contributed by atoms with Crippen molar-refractivity contribution in [2.45, 2.75) is 44.1 Å². The Hall–Kier alpha value is -2.04. The van der Waals surface area contributed by atoms with Gasteiger partial charge in [-0.15, -0.1) is 0 Å². The molecule has 5 nitrogen and oxygen atoms in total. The molecule has 0 heterocycles. The first-order valence-corrected chi connectivity index (χ1v) is 6.88. The molecule has 0 spiro atoms. The molecule has 1 fully saturated rings. The number of aromatic hydroxyl groups is 1. The van der Waals surface area contributed by atoms with Gasteiger partial charge in [-0.05, 0) is 31.0 Å². The molecule has 0 aromatic heterocycles. The lowest BCUT2D eigenvalue weighted by molar-refractivity contribution is -0.145. The van der Waals surface area contributed by atoms with Crippen molar-refractivity contribution in [3.63, 3.8) is 0 Å². The molecule has 1 aliphatic rings. The van der Waals surface area contributed by atoms with E-state index in [1.165, 1.54) is 12.1 Å². The molecule has 3 N–H and O–H groups in total. The second-order valence-corrected chi connectivity index (χ2v) is 5.31. The number of benzene rings is 1. The van der Waals surface area contributed by atoms with E-state index in [0.717, 1.165) is 25.7 Å². The standard InChI is InChI=1S/C15H19NO4/c17-12-7-5-6-11(10-12)13(18)16-15(14(19)20)8-3-1-2-4-9-15/h5-7,10,17H,1-4,8-9H2,(H,16,18)(H,19,20). The fraction of sp³-hybridized carbons (Fsp3) is 0.467. The lowest BCUT2D eigenvalue weighted by Crippen LogP contribution is -2.54. The van der Waals surface area contributed by atoms with Crippen LogP contribution in [0.4, 0.5) is 0 Å². The van der Waals surface area contributed by atoms with Gasteiger partial charge in [-0.3, -0.25) is 4.79 Å². The third kappa shape index (κ3) is 3.10. The first kappa shape index (κ1) is 14.4. The SMILES string of the molecule is O=C(NC1(C(=O)O)CCCCCC1)c1cccc(O)c1. The average Bonchev–Trinajstić information content (AvgIpc) is 2.65. The molecule has 5 heteroatoms. The second kappa shape index (κ2) is 5.94. The highest BCUT2D eigenvalue weighted by Crippen LogP contribution is 2.28. The Balaban J connectivity index is 2.19. The summed E-state index contributed by atoms with van der Waals surface area (Å²) in [7, 11) is 0. The van der Waals surface area contributed by atoms with E-state index in [2.05, 4.69) is 5.32 Å². The molecule has 0 aliphatic heterocycles. The van der Waals surface area contributed by atoms with Crippen LogP contribution in [0.5, 0.6) is 5.75 Å². The maximum absolute atomic E-state index is 12.2. The molecule has 1 aromatic carbocycles. The number of phenols is 1. The number of phenolic OH excluding ortho intramolecular Hbond substituents is 1. The van der Waals surface area contributed by atoms with Crippen LogP contribution in [0.1, 0.15) is 48.9 Å². The molecule has 0 saturated heterocycles. The number of nitrogens with one attached hydrogen (secondary N) is 1. The molecule has 108 valence electrons. The summed E-state index contributed by atoms with van der Waals surface area (Å²) in [5.41, 5.74) is -0.908. The summed E-state index contributed by atoms with van der Waals surface area (Å²) in [6, 6.07) is 5.92. The number of hydrogen-bond acceptors (Lipinski definition) is 3. The zero-order valence-corrected chi connectivity index (χ0v) is 11.3. The Morgan fingerprint density at radius 3 is 2.30 bits per heavy atom. The van der Waals surface area contributed by atoms with Gasteiger partial charge in [0.25, 0.3) is 5.91 Å². The highest BCUT2D eigenvalue weighted by molar-refractivity contribution is 5.98. The van der Waals surface area contributed by atoms with E-state index in [4.69, 9.17) is 0 Å². The van der Waals surface area contributed by atoms with Gasteiger partial charge in [-0.25, -0.2) is 4.79 Å². The number of rotatable bonds is 3. The minimum absolute atomic E-state index is 0.0112. The van der Waals surface area contributed by atoms with Crippen LogP contribution in [0.25, 0.3) is 0 Å². The topological polar surface area (TPSA) is 86.6 Å². The third-order valence-corrected chi connectivity index (χ3v) is 3.83. The van der Waals surface area contributed by atoms with Gasteiger partial charge < -0.3 is 15.5 Å². The molecule has 1 aromatic rings. The fourth-order valence-electron chi connectivity index (χ4n) is 2.66. The highest BCUT2D eigenvalue weighted by Gasteiger charge is 2.40. The van der Waals surface area contributed by atoms with Crippen molar-refractivity contribution in [1.29, 1.82) is 0 Å². The molecule has 1 saturated carbocycles. The van der Waals surface area contributed by atoms with E-state index in [9.17, 15) is 19.8 Å². The van der Waals surface area contributed by atoms with Crippen molar-refractivity contribution in [2.75, 3.05) is 0 Å². The number of carboxylic acid groups (broad SMARTS) is 1. The first-order chi connectivity index (χ1) is 9.53.